The van der Waals surface area contributed by atoms with Crippen molar-refractivity contribution < 1.29 is 14.0 Å². The van der Waals surface area contributed by atoms with Gasteiger partial charge in [-0.1, -0.05) is 56.6 Å². The lowest BCUT2D eigenvalue weighted by atomic mass is 9.85. The van der Waals surface area contributed by atoms with Crippen LogP contribution >= 0.6 is 11.6 Å². The van der Waals surface area contributed by atoms with Gasteiger partial charge < -0.3 is 19.7 Å². The molecule has 39 heavy (non-hydrogen) atoms. The van der Waals surface area contributed by atoms with Crippen molar-refractivity contribution in [2.75, 3.05) is 20.1 Å². The summed E-state index contributed by atoms with van der Waals surface area (Å²) in [6, 6.07) is 11.7. The van der Waals surface area contributed by atoms with Crippen LogP contribution in [0.5, 0.6) is 0 Å². The third-order valence-electron chi connectivity index (χ3n) is 7.63. The Morgan fingerprint density at radius 3 is 2.54 bits per heavy atom. The van der Waals surface area contributed by atoms with E-state index < -0.39 is 23.2 Å². The van der Waals surface area contributed by atoms with Gasteiger partial charge in [-0.25, -0.2) is 9.37 Å². The summed E-state index contributed by atoms with van der Waals surface area (Å²) >= 11 is 6.20. The van der Waals surface area contributed by atoms with E-state index in [2.05, 4.69) is 21.3 Å². The molecule has 7 nitrogen and oxygen atoms in total. The monoisotopic (exact) mass is 551 g/mol. The molecular weight excluding hydrogens is 517 g/mol. The molecule has 1 N–H and O–H groups in total. The number of benzene rings is 2. The Balaban J connectivity index is 1.48. The quantitative estimate of drug-likeness (QED) is 0.500. The van der Waals surface area contributed by atoms with Crippen LogP contribution in [0.25, 0.3) is 11.4 Å². The number of fused-ring (bicyclic) bond motifs is 2. The zero-order valence-electron chi connectivity index (χ0n) is 22.9. The lowest BCUT2D eigenvalue weighted by molar-refractivity contribution is -0.136. The van der Waals surface area contributed by atoms with E-state index in [4.69, 9.17) is 11.6 Å². The van der Waals surface area contributed by atoms with Gasteiger partial charge in [0.15, 0.2) is 5.69 Å². The molecule has 1 aromatic heterocycles. The van der Waals surface area contributed by atoms with Crippen molar-refractivity contribution >= 4 is 23.4 Å². The van der Waals surface area contributed by atoms with Crippen LogP contribution in [0.3, 0.4) is 0 Å². The summed E-state index contributed by atoms with van der Waals surface area (Å²) in [6.07, 6.45) is 1.61. The first-order chi connectivity index (χ1) is 18.5. The van der Waals surface area contributed by atoms with Crippen LogP contribution in [0, 0.1) is 11.2 Å². The molecule has 5 rings (SSSR count). The maximum atomic E-state index is 14.9. The normalized spacial score (nSPS) is 16.7. The van der Waals surface area contributed by atoms with E-state index in [1.807, 2.05) is 55.5 Å². The van der Waals surface area contributed by atoms with E-state index >= 15 is 0 Å². The summed E-state index contributed by atoms with van der Waals surface area (Å²) in [4.78, 5) is 36.3. The smallest absolute Gasteiger partial charge is 0.272 e. The largest absolute Gasteiger partial charge is 0.338 e. The predicted octanol–water partition coefficient (Wildman–Crippen LogP) is 4.91. The molecule has 1 atom stereocenters. The Kier molecular flexibility index (Phi) is 7.53. The standard InChI is InChI=1S/C30H35ClFN5O2/c1-30(2,3)26(29(39)36-15-12-19-8-5-6-9-20(19)17-36)34-28(38)25-24-18-35(4)13-7-14-37(24)27(33-25)22-16-21(31)10-11-23(22)32/h5-6,8-11,16,26H,7,12-15,17-18H2,1-4H3,(H,34,38). The van der Waals surface area contributed by atoms with Gasteiger partial charge in [0, 0.05) is 31.2 Å². The molecule has 3 heterocycles. The molecule has 2 amide bonds. The van der Waals surface area contributed by atoms with Gasteiger partial charge in [0.05, 0.1) is 11.3 Å². The van der Waals surface area contributed by atoms with Crippen molar-refractivity contribution in [2.24, 2.45) is 5.41 Å². The first-order valence-electron chi connectivity index (χ1n) is 13.4. The number of amides is 2. The highest BCUT2D eigenvalue weighted by atomic mass is 35.5. The van der Waals surface area contributed by atoms with Crippen molar-refractivity contribution in [1.82, 2.24) is 24.7 Å². The summed E-state index contributed by atoms with van der Waals surface area (Å²) in [5.74, 6) is -0.635. The molecule has 0 saturated carbocycles. The van der Waals surface area contributed by atoms with E-state index in [-0.39, 0.29) is 17.2 Å². The number of carbonyl (C=O) groups is 2. The van der Waals surface area contributed by atoms with E-state index in [1.54, 1.807) is 6.07 Å². The molecule has 2 aromatic carbocycles. The van der Waals surface area contributed by atoms with E-state index in [9.17, 15) is 14.0 Å². The van der Waals surface area contributed by atoms with Crippen LogP contribution in [0.1, 0.15) is 54.5 Å². The maximum Gasteiger partial charge on any atom is 0.272 e. The van der Waals surface area contributed by atoms with Gasteiger partial charge >= 0.3 is 0 Å². The van der Waals surface area contributed by atoms with Crippen LogP contribution in [-0.4, -0.2) is 57.3 Å². The summed E-state index contributed by atoms with van der Waals surface area (Å²) in [5, 5.41) is 3.42. The lowest BCUT2D eigenvalue weighted by Crippen LogP contribution is -2.55. The number of imidazole rings is 1. The molecule has 9 heteroatoms. The Morgan fingerprint density at radius 1 is 1.05 bits per heavy atom. The van der Waals surface area contributed by atoms with Crippen LogP contribution in [0.15, 0.2) is 42.5 Å². The Labute approximate surface area is 234 Å². The molecule has 0 spiro atoms. The fourth-order valence-corrected chi connectivity index (χ4v) is 5.66. The zero-order valence-corrected chi connectivity index (χ0v) is 23.7. The second-order valence-electron chi connectivity index (χ2n) is 11.6. The summed E-state index contributed by atoms with van der Waals surface area (Å²) in [7, 11) is 1.99. The molecule has 0 bridgehead atoms. The number of hydrogen-bond donors (Lipinski definition) is 1. The van der Waals surface area contributed by atoms with Crippen LogP contribution < -0.4 is 5.32 Å². The minimum atomic E-state index is -0.762. The summed E-state index contributed by atoms with van der Waals surface area (Å²) in [6.45, 7) is 8.86. The number of nitrogens with zero attached hydrogens (tertiary/aromatic N) is 4. The highest BCUT2D eigenvalue weighted by Gasteiger charge is 2.38. The summed E-state index contributed by atoms with van der Waals surface area (Å²) in [5.41, 5.74) is 3.01. The van der Waals surface area contributed by atoms with Gasteiger partial charge in [-0.05, 0) is 61.2 Å². The van der Waals surface area contributed by atoms with Crippen molar-refractivity contribution in [3.8, 4) is 11.4 Å². The van der Waals surface area contributed by atoms with Gasteiger partial charge in [0.1, 0.15) is 17.7 Å². The molecule has 206 valence electrons. The predicted molar refractivity (Wildman–Crippen MR) is 150 cm³/mol. The van der Waals surface area contributed by atoms with Gasteiger partial charge in [0.25, 0.3) is 5.91 Å². The Hall–Kier alpha value is -3.23. The molecule has 2 aliphatic heterocycles. The average molecular weight is 552 g/mol. The second-order valence-corrected chi connectivity index (χ2v) is 12.1. The van der Waals surface area contributed by atoms with Gasteiger partial charge in [-0.2, -0.15) is 0 Å². The summed E-state index contributed by atoms with van der Waals surface area (Å²) < 4.78 is 16.8. The van der Waals surface area contributed by atoms with Gasteiger partial charge in [-0.3, -0.25) is 9.59 Å². The van der Waals surface area contributed by atoms with Crippen molar-refractivity contribution in [1.29, 1.82) is 0 Å². The minimum absolute atomic E-state index is 0.117. The number of aromatic nitrogens is 2. The highest BCUT2D eigenvalue weighted by Crippen LogP contribution is 2.31. The maximum absolute atomic E-state index is 14.9. The van der Waals surface area contributed by atoms with Crippen molar-refractivity contribution in [2.45, 2.75) is 59.3 Å². The molecule has 0 fully saturated rings. The number of rotatable bonds is 4. The Morgan fingerprint density at radius 2 is 1.79 bits per heavy atom. The number of halogens is 2. The third kappa shape index (κ3) is 5.58. The molecule has 2 aliphatic rings. The fourth-order valence-electron chi connectivity index (χ4n) is 5.49. The lowest BCUT2D eigenvalue weighted by Gasteiger charge is -2.37. The SMILES string of the molecule is CN1CCCn2c(-c3cc(Cl)ccc3F)nc(C(=O)NC(C(=O)N3CCc4ccccc4C3)C(C)(C)C)c2C1. The first-order valence-corrected chi connectivity index (χ1v) is 13.8. The minimum Gasteiger partial charge on any atom is -0.338 e. The second kappa shape index (κ2) is 10.7. The van der Waals surface area contributed by atoms with E-state index in [0.717, 1.165) is 24.9 Å². The molecule has 1 unspecified atom stereocenters. The topological polar surface area (TPSA) is 70.5 Å². The fraction of sp³-hybridized carbons (Fsp3) is 0.433. The first kappa shape index (κ1) is 27.3. The van der Waals surface area contributed by atoms with Crippen LogP contribution in [-0.2, 0) is 30.8 Å². The molecule has 0 radical (unpaired) electrons. The third-order valence-corrected chi connectivity index (χ3v) is 7.86. The average Bonchev–Trinajstić information content (AvgIpc) is 3.13. The van der Waals surface area contributed by atoms with E-state index in [0.29, 0.717) is 42.7 Å². The molecular formula is C30H35ClFN5O2. The van der Waals surface area contributed by atoms with Crippen LogP contribution in [0.4, 0.5) is 4.39 Å². The van der Waals surface area contributed by atoms with Gasteiger partial charge in [0.2, 0.25) is 5.91 Å². The molecule has 0 aliphatic carbocycles. The number of carbonyl (C=O) groups excluding carboxylic acids is 2. The Bertz CT molecular complexity index is 1410. The molecule has 0 saturated heterocycles. The van der Waals surface area contributed by atoms with Gasteiger partial charge in [-0.15, -0.1) is 0 Å². The van der Waals surface area contributed by atoms with Crippen molar-refractivity contribution in [3.63, 3.8) is 0 Å². The number of hydrogen-bond acceptors (Lipinski definition) is 4. The van der Waals surface area contributed by atoms with E-state index in [1.165, 1.54) is 17.7 Å². The van der Waals surface area contributed by atoms with Crippen molar-refractivity contribution in [3.05, 3.63) is 75.8 Å². The molecule has 3 aromatic rings. The number of nitrogens with one attached hydrogen (secondary N) is 1. The highest BCUT2D eigenvalue weighted by molar-refractivity contribution is 6.30. The zero-order chi connectivity index (χ0) is 27.9. The van der Waals surface area contributed by atoms with Crippen LogP contribution in [0.2, 0.25) is 5.02 Å².